The predicted molar refractivity (Wildman–Crippen MR) is 77.0 cm³/mol. The van der Waals surface area contributed by atoms with Crippen LogP contribution in [0.5, 0.6) is 11.5 Å². The van der Waals surface area contributed by atoms with Crippen LogP contribution in [0.3, 0.4) is 0 Å². The van der Waals surface area contributed by atoms with Gasteiger partial charge in [0, 0.05) is 24.3 Å². The van der Waals surface area contributed by atoms with Crippen LogP contribution in [0.4, 0.5) is 5.69 Å². The number of nitrogen functional groups attached to an aromatic ring is 1. The zero-order valence-electron chi connectivity index (χ0n) is 10.9. The molecule has 3 aromatic rings. The average Bonchev–Trinajstić information content (AvgIpc) is 2.94. The molecule has 0 amide bonds. The van der Waals surface area contributed by atoms with E-state index >= 15 is 0 Å². The standard InChI is InChI=1S/C15H15N3O2/c16-12-3-5-13(6-4-12)19-10-11-20-14-2-1-8-18-9-7-17-15(14)18/h1-9H,10-11,16H2. The number of benzene rings is 1. The lowest BCUT2D eigenvalue weighted by Gasteiger charge is -2.09. The van der Waals surface area contributed by atoms with Gasteiger partial charge >= 0.3 is 0 Å². The summed E-state index contributed by atoms with van der Waals surface area (Å²) in [5, 5.41) is 0. The molecule has 2 aromatic heterocycles. The van der Waals surface area contributed by atoms with Gasteiger partial charge in [0.15, 0.2) is 11.4 Å². The quantitative estimate of drug-likeness (QED) is 0.570. The molecule has 20 heavy (non-hydrogen) atoms. The van der Waals surface area contributed by atoms with Crippen molar-refractivity contribution in [2.24, 2.45) is 0 Å². The molecule has 0 spiro atoms. The average molecular weight is 269 g/mol. The Balaban J connectivity index is 1.55. The molecule has 0 unspecified atom stereocenters. The molecule has 0 fully saturated rings. The zero-order chi connectivity index (χ0) is 13.8. The van der Waals surface area contributed by atoms with Gasteiger partial charge in [0.25, 0.3) is 0 Å². The fraction of sp³-hybridized carbons (Fsp3) is 0.133. The highest BCUT2D eigenvalue weighted by Gasteiger charge is 2.02. The molecule has 5 heteroatoms. The van der Waals surface area contributed by atoms with Gasteiger partial charge in [-0.1, -0.05) is 0 Å². The lowest BCUT2D eigenvalue weighted by Crippen LogP contribution is -2.09. The summed E-state index contributed by atoms with van der Waals surface area (Å²) < 4.78 is 13.2. The largest absolute Gasteiger partial charge is 0.490 e. The third-order valence-electron chi connectivity index (χ3n) is 2.87. The summed E-state index contributed by atoms with van der Waals surface area (Å²) in [6.45, 7) is 0.919. The third-order valence-corrected chi connectivity index (χ3v) is 2.87. The van der Waals surface area contributed by atoms with E-state index < -0.39 is 0 Å². The minimum atomic E-state index is 0.455. The molecule has 1 aromatic carbocycles. The van der Waals surface area contributed by atoms with Crippen molar-refractivity contribution in [3.05, 3.63) is 55.0 Å². The van der Waals surface area contributed by atoms with Crippen LogP contribution in [-0.4, -0.2) is 22.6 Å². The van der Waals surface area contributed by atoms with Crippen molar-refractivity contribution in [1.82, 2.24) is 9.38 Å². The van der Waals surface area contributed by atoms with Crippen molar-refractivity contribution in [2.45, 2.75) is 0 Å². The molecule has 5 nitrogen and oxygen atoms in total. The second kappa shape index (κ2) is 5.52. The van der Waals surface area contributed by atoms with Crippen LogP contribution in [0.1, 0.15) is 0 Å². The van der Waals surface area contributed by atoms with Gasteiger partial charge < -0.3 is 19.6 Å². The van der Waals surface area contributed by atoms with E-state index in [9.17, 15) is 0 Å². The van der Waals surface area contributed by atoms with Gasteiger partial charge in [0.1, 0.15) is 19.0 Å². The first-order valence-electron chi connectivity index (χ1n) is 6.36. The number of rotatable bonds is 5. The number of nitrogens with two attached hydrogens (primary N) is 1. The summed E-state index contributed by atoms with van der Waals surface area (Å²) in [7, 11) is 0. The molecule has 0 saturated carbocycles. The number of imidazole rings is 1. The summed E-state index contributed by atoms with van der Waals surface area (Å²) in [5.74, 6) is 1.53. The maximum atomic E-state index is 5.69. The van der Waals surface area contributed by atoms with E-state index in [-0.39, 0.29) is 0 Å². The van der Waals surface area contributed by atoms with Crippen LogP contribution < -0.4 is 15.2 Å². The van der Waals surface area contributed by atoms with E-state index in [1.54, 1.807) is 18.3 Å². The lowest BCUT2D eigenvalue weighted by molar-refractivity contribution is 0.218. The number of pyridine rings is 1. The van der Waals surface area contributed by atoms with Crippen LogP contribution >= 0.6 is 0 Å². The van der Waals surface area contributed by atoms with Crippen molar-refractivity contribution in [1.29, 1.82) is 0 Å². The predicted octanol–water partition coefficient (Wildman–Crippen LogP) is 2.37. The fourth-order valence-electron chi connectivity index (χ4n) is 1.91. The van der Waals surface area contributed by atoms with Gasteiger partial charge in [-0.2, -0.15) is 0 Å². The SMILES string of the molecule is Nc1ccc(OCCOc2cccn3ccnc23)cc1. The van der Waals surface area contributed by atoms with Crippen molar-refractivity contribution in [2.75, 3.05) is 18.9 Å². The molecule has 0 atom stereocenters. The highest BCUT2D eigenvalue weighted by Crippen LogP contribution is 2.17. The molecule has 0 aliphatic rings. The van der Waals surface area contributed by atoms with Crippen LogP contribution in [-0.2, 0) is 0 Å². The van der Waals surface area contributed by atoms with Gasteiger partial charge in [0.05, 0.1) is 0 Å². The number of anilines is 1. The maximum absolute atomic E-state index is 5.69. The lowest BCUT2D eigenvalue weighted by atomic mass is 10.3. The number of aromatic nitrogens is 2. The zero-order valence-corrected chi connectivity index (χ0v) is 10.9. The van der Waals surface area contributed by atoms with Gasteiger partial charge in [-0.15, -0.1) is 0 Å². The van der Waals surface area contributed by atoms with Crippen molar-refractivity contribution in [3.63, 3.8) is 0 Å². The summed E-state index contributed by atoms with van der Waals surface area (Å²) in [6.07, 6.45) is 5.56. The van der Waals surface area contributed by atoms with E-state index in [4.69, 9.17) is 15.2 Å². The number of ether oxygens (including phenoxy) is 2. The van der Waals surface area contributed by atoms with Crippen LogP contribution in [0.15, 0.2) is 55.0 Å². The van der Waals surface area contributed by atoms with Crippen LogP contribution in [0, 0.1) is 0 Å². The Morgan fingerprint density at radius 1 is 1.00 bits per heavy atom. The highest BCUT2D eigenvalue weighted by molar-refractivity contribution is 5.53. The summed E-state index contributed by atoms with van der Waals surface area (Å²) in [6, 6.07) is 11.1. The van der Waals surface area contributed by atoms with Crippen molar-refractivity contribution >= 4 is 11.3 Å². The second-order valence-corrected chi connectivity index (χ2v) is 4.30. The fourth-order valence-corrected chi connectivity index (χ4v) is 1.91. The van der Waals surface area contributed by atoms with Crippen LogP contribution in [0.25, 0.3) is 5.65 Å². The van der Waals surface area contributed by atoms with Crippen molar-refractivity contribution in [3.8, 4) is 11.5 Å². The molecule has 0 saturated heterocycles. The van der Waals surface area contributed by atoms with Gasteiger partial charge in [-0.05, 0) is 36.4 Å². The Morgan fingerprint density at radius 2 is 1.80 bits per heavy atom. The molecule has 0 bridgehead atoms. The summed E-state index contributed by atoms with van der Waals surface area (Å²) in [4.78, 5) is 4.25. The minimum absolute atomic E-state index is 0.455. The molecule has 102 valence electrons. The molecule has 2 heterocycles. The Labute approximate surface area is 116 Å². The van der Waals surface area contributed by atoms with E-state index in [0.29, 0.717) is 13.2 Å². The van der Waals surface area contributed by atoms with E-state index in [1.165, 1.54) is 0 Å². The highest BCUT2D eigenvalue weighted by atomic mass is 16.5. The van der Waals surface area contributed by atoms with E-state index in [2.05, 4.69) is 4.98 Å². The van der Waals surface area contributed by atoms with Gasteiger partial charge in [0.2, 0.25) is 0 Å². The first kappa shape index (κ1) is 12.3. The molecule has 3 rings (SSSR count). The Hall–Kier alpha value is -2.69. The second-order valence-electron chi connectivity index (χ2n) is 4.30. The molecule has 0 aliphatic carbocycles. The smallest absolute Gasteiger partial charge is 0.179 e. The summed E-state index contributed by atoms with van der Waals surface area (Å²) in [5.41, 5.74) is 7.14. The Kier molecular flexibility index (Phi) is 3.41. The summed E-state index contributed by atoms with van der Waals surface area (Å²) >= 11 is 0. The van der Waals surface area contributed by atoms with Gasteiger partial charge in [-0.25, -0.2) is 4.98 Å². The van der Waals surface area contributed by atoms with E-state index in [0.717, 1.165) is 22.8 Å². The Morgan fingerprint density at radius 3 is 2.65 bits per heavy atom. The molecule has 0 aliphatic heterocycles. The number of hydrogen-bond donors (Lipinski definition) is 1. The minimum Gasteiger partial charge on any atom is -0.490 e. The first-order chi connectivity index (χ1) is 9.83. The number of fused-ring (bicyclic) bond motifs is 1. The normalized spacial score (nSPS) is 10.6. The van der Waals surface area contributed by atoms with Gasteiger partial charge in [-0.3, -0.25) is 0 Å². The number of nitrogens with zero attached hydrogens (tertiary/aromatic N) is 2. The Bertz CT molecular complexity index is 692. The monoisotopic (exact) mass is 269 g/mol. The molecular weight excluding hydrogens is 254 g/mol. The van der Waals surface area contributed by atoms with Crippen molar-refractivity contribution < 1.29 is 9.47 Å². The number of hydrogen-bond acceptors (Lipinski definition) is 4. The van der Waals surface area contributed by atoms with Crippen LogP contribution in [0.2, 0.25) is 0 Å². The maximum Gasteiger partial charge on any atom is 0.179 e. The third kappa shape index (κ3) is 2.66. The molecular formula is C15H15N3O2. The molecule has 0 radical (unpaired) electrons. The topological polar surface area (TPSA) is 61.8 Å². The van der Waals surface area contributed by atoms with E-state index in [1.807, 2.05) is 41.1 Å². The first-order valence-corrected chi connectivity index (χ1v) is 6.36. The molecule has 2 N–H and O–H groups in total.